The van der Waals surface area contributed by atoms with Crippen LogP contribution in [0.4, 0.5) is 21.0 Å². The smallest absolute Gasteiger partial charge is 0.719 e. The Hall–Kier alpha value is -0.857. The molecule has 0 bridgehead atoms. The number of hydrogen-bond acceptors (Lipinski definition) is 6. The minimum absolute atomic E-state index is 0. The monoisotopic (exact) mass is 488 g/mol. The Morgan fingerprint density at radius 3 is 1.30 bits per heavy atom. The SMILES string of the molecule is CCN(C(=O)[S-])c1ccccc1S.CCN(C(=O)[S-])c1ccccc1S.[Zn+2]. The van der Waals surface area contributed by atoms with Crippen LogP contribution in [0, 0.1) is 0 Å². The van der Waals surface area contributed by atoms with Gasteiger partial charge in [0.2, 0.25) is 0 Å². The molecule has 0 unspecified atom stereocenters. The van der Waals surface area contributed by atoms with Crippen LogP contribution in [0.2, 0.25) is 0 Å². The number of hydrogen-bond donors (Lipinski definition) is 2. The van der Waals surface area contributed by atoms with E-state index in [2.05, 4.69) is 50.5 Å². The van der Waals surface area contributed by atoms with E-state index in [0.717, 1.165) is 21.2 Å². The van der Waals surface area contributed by atoms with Gasteiger partial charge in [0.05, 0.1) is 11.4 Å². The van der Waals surface area contributed by atoms with Gasteiger partial charge < -0.3 is 44.6 Å². The van der Waals surface area contributed by atoms with Crippen molar-refractivity contribution >= 4 is 72.4 Å². The maximum Gasteiger partial charge on any atom is 2.00 e. The molecule has 140 valence electrons. The molecule has 4 nitrogen and oxygen atoms in total. The van der Waals surface area contributed by atoms with Gasteiger partial charge in [-0.1, -0.05) is 24.3 Å². The molecule has 0 atom stereocenters. The molecule has 2 rings (SSSR count). The maximum absolute atomic E-state index is 11.0. The second-order valence-corrected chi connectivity index (χ2v) is 6.66. The fraction of sp³-hybridized carbons (Fsp3) is 0.222. The van der Waals surface area contributed by atoms with E-state index in [4.69, 9.17) is 0 Å². The van der Waals surface area contributed by atoms with E-state index in [1.54, 1.807) is 0 Å². The van der Waals surface area contributed by atoms with Crippen molar-refractivity contribution in [3.63, 3.8) is 0 Å². The molecule has 2 aromatic rings. The number of rotatable bonds is 4. The first-order valence-electron chi connectivity index (χ1n) is 7.86. The van der Waals surface area contributed by atoms with Gasteiger partial charge in [-0.15, -0.1) is 25.3 Å². The molecule has 0 aromatic heterocycles. The number of amides is 2. The molecule has 0 saturated heterocycles. The minimum atomic E-state index is -0.371. The first-order chi connectivity index (χ1) is 12.3. The average molecular weight is 490 g/mol. The molecule has 27 heavy (non-hydrogen) atoms. The van der Waals surface area contributed by atoms with E-state index in [0.29, 0.717) is 13.1 Å². The van der Waals surface area contributed by atoms with Crippen molar-refractivity contribution in [3.8, 4) is 0 Å². The Bertz CT molecular complexity index is 698. The second kappa shape index (κ2) is 13.3. The Morgan fingerprint density at radius 2 is 1.07 bits per heavy atom. The Balaban J connectivity index is 0.000000483. The van der Waals surface area contributed by atoms with Crippen LogP contribution in [0.5, 0.6) is 0 Å². The normalized spacial score (nSPS) is 9.33. The molecule has 0 aliphatic rings. The van der Waals surface area contributed by atoms with Gasteiger partial charge >= 0.3 is 19.5 Å². The van der Waals surface area contributed by atoms with Crippen LogP contribution in [0.15, 0.2) is 58.3 Å². The molecule has 0 spiro atoms. The largest absolute Gasteiger partial charge is 2.00 e. The van der Waals surface area contributed by atoms with Gasteiger partial charge in [-0.2, -0.15) is 0 Å². The number of nitrogens with zero attached hydrogens (tertiary/aromatic N) is 2. The molecule has 9 heteroatoms. The molecule has 0 heterocycles. The summed E-state index contributed by atoms with van der Waals surface area (Å²) < 4.78 is 0. The molecule has 2 aromatic carbocycles. The molecule has 0 saturated carbocycles. The van der Waals surface area contributed by atoms with Crippen LogP contribution in [0.1, 0.15) is 13.8 Å². The zero-order valence-electron chi connectivity index (χ0n) is 15.2. The molecule has 0 aliphatic heterocycles. The van der Waals surface area contributed by atoms with Gasteiger partial charge in [0, 0.05) is 22.9 Å². The van der Waals surface area contributed by atoms with Crippen molar-refractivity contribution < 1.29 is 29.1 Å². The molecular formula is C18H20N2O2S4Zn. The van der Waals surface area contributed by atoms with Crippen LogP contribution in [-0.2, 0) is 44.7 Å². The van der Waals surface area contributed by atoms with E-state index >= 15 is 0 Å². The summed E-state index contributed by atoms with van der Waals surface area (Å²) in [5.41, 5.74) is 1.54. The summed E-state index contributed by atoms with van der Waals surface area (Å²) >= 11 is 17.7. The molecule has 2 amide bonds. The van der Waals surface area contributed by atoms with E-state index in [9.17, 15) is 9.59 Å². The van der Waals surface area contributed by atoms with Gasteiger partial charge in [0.25, 0.3) is 0 Å². The number of carbonyl (C=O) groups excluding carboxylic acids is 2. The van der Waals surface area contributed by atoms with Crippen molar-refractivity contribution in [2.75, 3.05) is 22.9 Å². The number of anilines is 2. The average Bonchev–Trinajstić information content (AvgIpc) is 2.59. The molecular weight excluding hydrogens is 470 g/mol. The fourth-order valence-corrected chi connectivity index (χ4v) is 3.20. The number of benzene rings is 2. The van der Waals surface area contributed by atoms with E-state index in [1.165, 1.54) is 9.80 Å². The van der Waals surface area contributed by atoms with Gasteiger partial charge in [-0.05, 0) is 38.1 Å². The standard InChI is InChI=1S/2C9H11NOS2.Zn/c2*1-2-10(9(11)13)7-5-3-4-6-8(7)12;/h2*3-6,12H,2H2,1H3,(H,11,13);/q;;+2/p-2. The topological polar surface area (TPSA) is 40.6 Å². The molecule has 0 radical (unpaired) electrons. The van der Waals surface area contributed by atoms with Crippen LogP contribution in [0.25, 0.3) is 0 Å². The predicted octanol–water partition coefficient (Wildman–Crippen LogP) is 4.93. The van der Waals surface area contributed by atoms with Gasteiger partial charge in [0.15, 0.2) is 0 Å². The third kappa shape index (κ3) is 7.96. The number of thiol groups is 2. The summed E-state index contributed by atoms with van der Waals surface area (Å²) in [4.78, 5) is 26.6. The Morgan fingerprint density at radius 1 is 0.778 bits per heavy atom. The zero-order valence-corrected chi connectivity index (χ0v) is 21.6. The number of para-hydroxylation sites is 2. The van der Waals surface area contributed by atoms with Crippen LogP contribution < -0.4 is 9.80 Å². The van der Waals surface area contributed by atoms with Crippen molar-refractivity contribution in [2.45, 2.75) is 23.6 Å². The van der Waals surface area contributed by atoms with Gasteiger partial charge in [0.1, 0.15) is 10.5 Å². The summed E-state index contributed by atoms with van der Waals surface area (Å²) in [5, 5.41) is -0.743. The summed E-state index contributed by atoms with van der Waals surface area (Å²) in [5.74, 6) is 0. The van der Waals surface area contributed by atoms with Crippen molar-refractivity contribution in [1.29, 1.82) is 0 Å². The second-order valence-electron chi connectivity index (χ2n) is 5.00. The van der Waals surface area contributed by atoms with Crippen LogP contribution in [0.3, 0.4) is 0 Å². The fourth-order valence-electron chi connectivity index (χ4n) is 2.18. The van der Waals surface area contributed by atoms with Crippen molar-refractivity contribution in [3.05, 3.63) is 48.5 Å². The zero-order chi connectivity index (χ0) is 19.7. The summed E-state index contributed by atoms with van der Waals surface area (Å²) in [6.45, 7) is 4.90. The van der Waals surface area contributed by atoms with Gasteiger partial charge in [-0.25, -0.2) is 0 Å². The first kappa shape index (κ1) is 26.1. The van der Waals surface area contributed by atoms with Crippen molar-refractivity contribution in [1.82, 2.24) is 0 Å². The van der Waals surface area contributed by atoms with E-state index in [-0.39, 0.29) is 30.0 Å². The summed E-state index contributed by atoms with van der Waals surface area (Å²) in [6.07, 6.45) is 0. The molecule has 0 fully saturated rings. The summed E-state index contributed by atoms with van der Waals surface area (Å²) in [7, 11) is 0. The third-order valence-electron chi connectivity index (χ3n) is 3.42. The van der Waals surface area contributed by atoms with E-state index in [1.807, 2.05) is 62.4 Å². The van der Waals surface area contributed by atoms with Gasteiger partial charge in [-0.3, -0.25) is 0 Å². The first-order valence-corrected chi connectivity index (χ1v) is 9.57. The maximum atomic E-state index is 11.0. The third-order valence-corrected chi connectivity index (χ3v) is 4.62. The number of carbonyl (C=O) groups is 2. The molecule has 0 N–H and O–H groups in total. The molecule has 0 aliphatic carbocycles. The van der Waals surface area contributed by atoms with Crippen LogP contribution >= 0.6 is 25.3 Å². The minimum Gasteiger partial charge on any atom is -0.719 e. The van der Waals surface area contributed by atoms with Crippen LogP contribution in [-0.4, -0.2) is 23.6 Å². The quantitative estimate of drug-likeness (QED) is 0.363. The Labute approximate surface area is 195 Å². The van der Waals surface area contributed by atoms with E-state index < -0.39 is 0 Å². The Kier molecular flexibility index (Phi) is 12.9. The predicted molar refractivity (Wildman–Crippen MR) is 119 cm³/mol. The summed E-state index contributed by atoms with van der Waals surface area (Å²) in [6, 6.07) is 14.8. The van der Waals surface area contributed by atoms with Crippen molar-refractivity contribution in [2.24, 2.45) is 0 Å².